The zero-order chi connectivity index (χ0) is 13.0. The van der Waals surface area contributed by atoms with E-state index in [1.165, 1.54) is 11.1 Å². The smallest absolute Gasteiger partial charge is 0.162 e. The normalized spacial score (nSPS) is 10.6. The average Bonchev–Trinajstić information content (AvgIpc) is 2.74. The Labute approximate surface area is 107 Å². The Bertz CT molecular complexity index is 499. The molecule has 0 spiro atoms. The van der Waals surface area contributed by atoms with E-state index in [0.717, 1.165) is 11.4 Å². The predicted octanol–water partition coefficient (Wildman–Crippen LogP) is 3.02. The SMILES string of the molecule is COCc1cc(COc2cc(C)cc(C)c2)no1. The fourth-order valence-corrected chi connectivity index (χ4v) is 1.81. The lowest BCUT2D eigenvalue weighted by Gasteiger charge is -2.06. The van der Waals surface area contributed by atoms with Gasteiger partial charge in [0, 0.05) is 13.2 Å². The van der Waals surface area contributed by atoms with Crippen LogP contribution in [0, 0.1) is 13.8 Å². The Balaban J connectivity index is 1.97. The molecule has 0 amide bonds. The maximum Gasteiger partial charge on any atom is 0.162 e. The van der Waals surface area contributed by atoms with Crippen molar-refractivity contribution in [3.05, 3.63) is 46.8 Å². The first-order chi connectivity index (χ1) is 8.67. The van der Waals surface area contributed by atoms with Crippen LogP contribution in [0.25, 0.3) is 0 Å². The maximum atomic E-state index is 5.68. The number of hydrogen-bond acceptors (Lipinski definition) is 4. The molecule has 0 aliphatic rings. The van der Waals surface area contributed by atoms with Gasteiger partial charge in [0.05, 0.1) is 0 Å². The van der Waals surface area contributed by atoms with Crippen LogP contribution >= 0.6 is 0 Å². The summed E-state index contributed by atoms with van der Waals surface area (Å²) in [4.78, 5) is 0. The molecule has 0 aliphatic carbocycles. The number of benzene rings is 1. The second kappa shape index (κ2) is 5.69. The van der Waals surface area contributed by atoms with Gasteiger partial charge >= 0.3 is 0 Å². The van der Waals surface area contributed by atoms with Crippen LogP contribution in [0.15, 0.2) is 28.8 Å². The van der Waals surface area contributed by atoms with Crippen molar-refractivity contribution in [3.8, 4) is 5.75 Å². The minimum atomic E-state index is 0.399. The summed E-state index contributed by atoms with van der Waals surface area (Å²) in [6.07, 6.45) is 0. The first-order valence-corrected chi connectivity index (χ1v) is 5.82. The van der Waals surface area contributed by atoms with E-state index in [-0.39, 0.29) is 0 Å². The number of methoxy groups -OCH3 is 1. The minimum Gasteiger partial charge on any atom is -0.487 e. The fraction of sp³-hybridized carbons (Fsp3) is 0.357. The van der Waals surface area contributed by atoms with Crippen molar-refractivity contribution >= 4 is 0 Å². The van der Waals surface area contributed by atoms with E-state index in [1.807, 2.05) is 32.0 Å². The lowest BCUT2D eigenvalue weighted by atomic mass is 10.1. The molecule has 0 saturated carbocycles. The Morgan fingerprint density at radius 1 is 1.06 bits per heavy atom. The van der Waals surface area contributed by atoms with Crippen molar-refractivity contribution < 1.29 is 14.0 Å². The number of rotatable bonds is 5. The lowest BCUT2D eigenvalue weighted by Crippen LogP contribution is -1.96. The summed E-state index contributed by atoms with van der Waals surface area (Å²) in [6, 6.07) is 7.96. The third kappa shape index (κ3) is 3.34. The number of nitrogens with zero attached hydrogens (tertiary/aromatic N) is 1. The van der Waals surface area contributed by atoms with Crippen LogP contribution in [0.2, 0.25) is 0 Å². The molecule has 0 atom stereocenters. The number of hydrogen-bond donors (Lipinski definition) is 0. The van der Waals surface area contributed by atoms with Gasteiger partial charge in [0.1, 0.15) is 24.7 Å². The monoisotopic (exact) mass is 247 g/mol. The summed E-state index contributed by atoms with van der Waals surface area (Å²) in [6.45, 7) is 4.92. The fourth-order valence-electron chi connectivity index (χ4n) is 1.81. The Hall–Kier alpha value is -1.81. The van der Waals surface area contributed by atoms with Crippen molar-refractivity contribution in [3.63, 3.8) is 0 Å². The molecule has 0 unspecified atom stereocenters. The highest BCUT2D eigenvalue weighted by atomic mass is 16.5. The Morgan fingerprint density at radius 3 is 2.44 bits per heavy atom. The van der Waals surface area contributed by atoms with E-state index in [2.05, 4.69) is 11.2 Å². The van der Waals surface area contributed by atoms with Gasteiger partial charge < -0.3 is 14.0 Å². The van der Waals surface area contributed by atoms with Crippen molar-refractivity contribution in [1.29, 1.82) is 0 Å². The molecule has 0 radical (unpaired) electrons. The zero-order valence-electron chi connectivity index (χ0n) is 10.9. The zero-order valence-corrected chi connectivity index (χ0v) is 10.9. The van der Waals surface area contributed by atoms with Gasteiger partial charge in [0.25, 0.3) is 0 Å². The van der Waals surface area contributed by atoms with Crippen LogP contribution in [0.3, 0.4) is 0 Å². The lowest BCUT2D eigenvalue weighted by molar-refractivity contribution is 0.155. The molecular weight excluding hydrogens is 230 g/mol. The number of ether oxygens (including phenoxy) is 2. The van der Waals surface area contributed by atoms with E-state index in [9.17, 15) is 0 Å². The summed E-state index contributed by atoms with van der Waals surface area (Å²) < 4.78 is 15.7. The molecule has 18 heavy (non-hydrogen) atoms. The summed E-state index contributed by atoms with van der Waals surface area (Å²) in [5.74, 6) is 1.56. The minimum absolute atomic E-state index is 0.399. The second-order valence-corrected chi connectivity index (χ2v) is 4.33. The Kier molecular flexibility index (Phi) is 3.99. The van der Waals surface area contributed by atoms with Crippen LogP contribution in [-0.4, -0.2) is 12.3 Å². The molecule has 1 aromatic heterocycles. The van der Waals surface area contributed by atoms with Gasteiger partial charge in [0.2, 0.25) is 0 Å². The predicted molar refractivity (Wildman–Crippen MR) is 67.5 cm³/mol. The van der Waals surface area contributed by atoms with Crippen molar-refractivity contribution in [2.24, 2.45) is 0 Å². The highest BCUT2D eigenvalue weighted by molar-refractivity contribution is 5.33. The third-order valence-corrected chi connectivity index (χ3v) is 2.48. The average molecular weight is 247 g/mol. The van der Waals surface area contributed by atoms with Crippen LogP contribution in [-0.2, 0) is 18.0 Å². The summed E-state index contributed by atoms with van der Waals surface area (Å²) in [5, 5.41) is 3.91. The molecule has 96 valence electrons. The highest BCUT2D eigenvalue weighted by Crippen LogP contribution is 2.17. The number of aromatic nitrogens is 1. The molecule has 0 N–H and O–H groups in total. The Morgan fingerprint density at radius 2 is 1.78 bits per heavy atom. The standard InChI is InChI=1S/C14H17NO3/c1-10-4-11(2)6-13(5-10)17-8-12-7-14(9-16-3)18-15-12/h4-7H,8-9H2,1-3H3. The van der Waals surface area contributed by atoms with Crippen molar-refractivity contribution in [2.45, 2.75) is 27.1 Å². The summed E-state index contributed by atoms with van der Waals surface area (Å²) >= 11 is 0. The molecule has 0 fully saturated rings. The topological polar surface area (TPSA) is 44.5 Å². The third-order valence-electron chi connectivity index (χ3n) is 2.48. The first kappa shape index (κ1) is 12.6. The summed E-state index contributed by atoms with van der Waals surface area (Å²) in [5.41, 5.74) is 3.14. The second-order valence-electron chi connectivity index (χ2n) is 4.33. The highest BCUT2D eigenvalue weighted by Gasteiger charge is 2.05. The van der Waals surface area contributed by atoms with Crippen LogP contribution in [0.1, 0.15) is 22.6 Å². The van der Waals surface area contributed by atoms with Gasteiger partial charge in [-0.1, -0.05) is 11.2 Å². The largest absolute Gasteiger partial charge is 0.487 e. The molecule has 4 heteroatoms. The van der Waals surface area contributed by atoms with E-state index in [1.54, 1.807) is 7.11 Å². The summed E-state index contributed by atoms with van der Waals surface area (Å²) in [7, 11) is 1.62. The first-order valence-electron chi connectivity index (χ1n) is 5.82. The molecule has 0 saturated heterocycles. The van der Waals surface area contributed by atoms with Gasteiger partial charge in [-0.15, -0.1) is 0 Å². The maximum absolute atomic E-state index is 5.68. The van der Waals surface area contributed by atoms with Crippen LogP contribution in [0.4, 0.5) is 0 Å². The molecule has 1 aromatic carbocycles. The molecular formula is C14H17NO3. The molecule has 0 bridgehead atoms. The van der Waals surface area contributed by atoms with Gasteiger partial charge in [-0.3, -0.25) is 0 Å². The van der Waals surface area contributed by atoms with Gasteiger partial charge in [0.15, 0.2) is 5.76 Å². The quantitative estimate of drug-likeness (QED) is 0.814. The van der Waals surface area contributed by atoms with Gasteiger partial charge in [-0.25, -0.2) is 0 Å². The molecule has 2 rings (SSSR count). The molecule has 1 heterocycles. The van der Waals surface area contributed by atoms with Gasteiger partial charge in [-0.2, -0.15) is 0 Å². The number of aryl methyl sites for hydroxylation is 2. The van der Waals surface area contributed by atoms with Crippen LogP contribution in [0.5, 0.6) is 5.75 Å². The van der Waals surface area contributed by atoms with Crippen molar-refractivity contribution in [2.75, 3.05) is 7.11 Å². The molecule has 4 nitrogen and oxygen atoms in total. The van der Waals surface area contributed by atoms with E-state index in [4.69, 9.17) is 14.0 Å². The molecule has 2 aromatic rings. The van der Waals surface area contributed by atoms with Crippen LogP contribution < -0.4 is 4.74 Å². The van der Waals surface area contributed by atoms with E-state index < -0.39 is 0 Å². The molecule has 0 aliphatic heterocycles. The van der Waals surface area contributed by atoms with Gasteiger partial charge in [-0.05, 0) is 37.1 Å². The van der Waals surface area contributed by atoms with Crippen molar-refractivity contribution in [1.82, 2.24) is 5.16 Å². The van der Waals surface area contributed by atoms with E-state index in [0.29, 0.717) is 19.0 Å². The van der Waals surface area contributed by atoms with E-state index >= 15 is 0 Å².